The SMILES string of the molecule is O=C(CCS(=O)(=O)c1ccc2c(c1)CCC2)N(Cc1ccccn1)c1ccc(F)cc1F. The van der Waals surface area contributed by atoms with Gasteiger partial charge in [0.1, 0.15) is 11.6 Å². The van der Waals surface area contributed by atoms with Crippen LogP contribution in [-0.4, -0.2) is 25.1 Å². The first kappa shape index (κ1) is 22.1. The van der Waals surface area contributed by atoms with Gasteiger partial charge in [0.2, 0.25) is 5.91 Å². The van der Waals surface area contributed by atoms with Crippen molar-refractivity contribution in [3.05, 3.63) is 89.2 Å². The molecule has 0 atom stereocenters. The van der Waals surface area contributed by atoms with E-state index in [1.54, 1.807) is 30.3 Å². The average Bonchev–Trinajstić information content (AvgIpc) is 3.25. The second-order valence-corrected chi connectivity index (χ2v) is 9.86. The Bertz CT molecular complexity index is 1250. The van der Waals surface area contributed by atoms with Gasteiger partial charge in [0.15, 0.2) is 9.84 Å². The maximum Gasteiger partial charge on any atom is 0.228 e. The Morgan fingerprint density at radius 2 is 1.81 bits per heavy atom. The normalized spacial score (nSPS) is 13.1. The van der Waals surface area contributed by atoms with Crippen molar-refractivity contribution in [3.8, 4) is 0 Å². The number of sulfone groups is 1. The lowest BCUT2D eigenvalue weighted by atomic mass is 10.1. The topological polar surface area (TPSA) is 67.3 Å². The van der Waals surface area contributed by atoms with Crippen LogP contribution in [-0.2, 0) is 34.0 Å². The number of amides is 1. The third-order valence-electron chi connectivity index (χ3n) is 5.56. The van der Waals surface area contributed by atoms with E-state index in [2.05, 4.69) is 4.98 Å². The van der Waals surface area contributed by atoms with Crippen molar-refractivity contribution < 1.29 is 22.0 Å². The summed E-state index contributed by atoms with van der Waals surface area (Å²) in [5.74, 6) is -2.68. The Morgan fingerprint density at radius 3 is 2.56 bits per heavy atom. The van der Waals surface area contributed by atoms with E-state index in [1.807, 2.05) is 6.07 Å². The number of pyridine rings is 1. The van der Waals surface area contributed by atoms with Gasteiger partial charge in [-0.3, -0.25) is 9.78 Å². The van der Waals surface area contributed by atoms with Crippen molar-refractivity contribution in [3.63, 3.8) is 0 Å². The molecule has 0 saturated heterocycles. The third kappa shape index (κ3) is 4.85. The fraction of sp³-hybridized carbons (Fsp3) is 0.250. The van der Waals surface area contributed by atoms with Crippen LogP contribution in [0.25, 0.3) is 0 Å². The van der Waals surface area contributed by atoms with Gasteiger partial charge in [-0.05, 0) is 66.8 Å². The third-order valence-corrected chi connectivity index (χ3v) is 7.28. The van der Waals surface area contributed by atoms with Gasteiger partial charge in [-0.1, -0.05) is 12.1 Å². The highest BCUT2D eigenvalue weighted by molar-refractivity contribution is 7.91. The molecule has 5 nitrogen and oxygen atoms in total. The van der Waals surface area contributed by atoms with E-state index >= 15 is 0 Å². The molecule has 1 aliphatic carbocycles. The summed E-state index contributed by atoms with van der Waals surface area (Å²) in [6, 6.07) is 13.1. The monoisotopic (exact) mass is 456 g/mol. The number of benzene rings is 2. The standard InChI is InChI=1S/C24H22F2N2O3S/c25-19-8-10-23(22(26)15-19)28(16-20-6-1-2-12-27-20)24(29)11-13-32(30,31)21-9-7-17-4-3-5-18(17)14-21/h1-2,6-10,12,14-15H,3-5,11,13,16H2. The lowest BCUT2D eigenvalue weighted by Gasteiger charge is -2.23. The van der Waals surface area contributed by atoms with Gasteiger partial charge < -0.3 is 4.90 Å². The number of hydrogen-bond donors (Lipinski definition) is 0. The number of hydrogen-bond acceptors (Lipinski definition) is 4. The van der Waals surface area contributed by atoms with Crippen LogP contribution < -0.4 is 4.90 Å². The molecule has 0 saturated carbocycles. The molecule has 0 fully saturated rings. The fourth-order valence-electron chi connectivity index (χ4n) is 3.88. The predicted molar refractivity (Wildman–Crippen MR) is 117 cm³/mol. The zero-order valence-corrected chi connectivity index (χ0v) is 18.1. The summed E-state index contributed by atoms with van der Waals surface area (Å²) in [5, 5.41) is 0. The first-order valence-electron chi connectivity index (χ1n) is 10.3. The molecule has 166 valence electrons. The van der Waals surface area contributed by atoms with E-state index in [1.165, 1.54) is 12.3 Å². The Kier molecular flexibility index (Phi) is 6.32. The molecule has 4 rings (SSSR count). The summed E-state index contributed by atoms with van der Waals surface area (Å²) in [6.07, 6.45) is 3.99. The molecule has 3 aromatic rings. The highest BCUT2D eigenvalue weighted by Gasteiger charge is 2.24. The predicted octanol–water partition coefficient (Wildman–Crippen LogP) is 4.25. The van der Waals surface area contributed by atoms with Crippen LogP contribution >= 0.6 is 0 Å². The van der Waals surface area contributed by atoms with Crippen LogP contribution in [0.15, 0.2) is 65.7 Å². The van der Waals surface area contributed by atoms with E-state index in [0.29, 0.717) is 11.8 Å². The molecule has 0 spiro atoms. The van der Waals surface area contributed by atoms with Crippen LogP contribution in [0.4, 0.5) is 14.5 Å². The number of aromatic nitrogens is 1. The van der Waals surface area contributed by atoms with Gasteiger partial charge >= 0.3 is 0 Å². The smallest absolute Gasteiger partial charge is 0.228 e. The summed E-state index contributed by atoms with van der Waals surface area (Å²) in [7, 11) is -3.70. The molecular weight excluding hydrogens is 434 g/mol. The number of carbonyl (C=O) groups is 1. The molecule has 0 bridgehead atoms. The van der Waals surface area contributed by atoms with E-state index in [-0.39, 0.29) is 23.5 Å². The van der Waals surface area contributed by atoms with Crippen LogP contribution in [0, 0.1) is 11.6 Å². The number of rotatable bonds is 7. The lowest BCUT2D eigenvalue weighted by Crippen LogP contribution is -2.33. The van der Waals surface area contributed by atoms with Gasteiger partial charge in [0.05, 0.1) is 28.6 Å². The zero-order valence-electron chi connectivity index (χ0n) is 17.3. The van der Waals surface area contributed by atoms with Crippen LogP contribution in [0.1, 0.15) is 29.7 Å². The molecule has 0 unspecified atom stereocenters. The Labute approximate surface area is 185 Å². The molecule has 0 aliphatic heterocycles. The zero-order chi connectivity index (χ0) is 22.7. The van der Waals surface area contributed by atoms with Gasteiger partial charge in [-0.15, -0.1) is 0 Å². The van der Waals surface area contributed by atoms with E-state index in [0.717, 1.165) is 41.4 Å². The summed E-state index contributed by atoms with van der Waals surface area (Å²) in [4.78, 5) is 18.5. The van der Waals surface area contributed by atoms with Gasteiger partial charge in [-0.25, -0.2) is 17.2 Å². The van der Waals surface area contributed by atoms with E-state index < -0.39 is 33.1 Å². The summed E-state index contributed by atoms with van der Waals surface area (Å²) in [5.41, 5.74) is 2.55. The molecule has 0 N–H and O–H groups in total. The highest BCUT2D eigenvalue weighted by Crippen LogP contribution is 2.26. The molecule has 8 heteroatoms. The average molecular weight is 457 g/mol. The number of fused-ring (bicyclic) bond motifs is 1. The fourth-order valence-corrected chi connectivity index (χ4v) is 5.15. The van der Waals surface area contributed by atoms with Crippen molar-refractivity contribution in [1.82, 2.24) is 4.98 Å². The Hall–Kier alpha value is -3.13. The first-order chi connectivity index (χ1) is 15.3. The van der Waals surface area contributed by atoms with Crippen LogP contribution in [0.5, 0.6) is 0 Å². The second-order valence-electron chi connectivity index (χ2n) is 7.75. The lowest BCUT2D eigenvalue weighted by molar-refractivity contribution is -0.118. The van der Waals surface area contributed by atoms with Gasteiger partial charge in [0, 0.05) is 18.7 Å². The molecule has 1 aliphatic rings. The van der Waals surface area contributed by atoms with Crippen molar-refractivity contribution in [2.45, 2.75) is 37.1 Å². The maximum atomic E-state index is 14.5. The minimum Gasteiger partial charge on any atom is -0.304 e. The molecule has 32 heavy (non-hydrogen) atoms. The van der Waals surface area contributed by atoms with Crippen LogP contribution in [0.3, 0.4) is 0 Å². The van der Waals surface area contributed by atoms with E-state index in [9.17, 15) is 22.0 Å². The minimum atomic E-state index is -3.70. The number of nitrogens with zero attached hydrogens (tertiary/aromatic N) is 2. The van der Waals surface area contributed by atoms with Crippen molar-refractivity contribution in [2.24, 2.45) is 0 Å². The molecule has 0 radical (unpaired) electrons. The summed E-state index contributed by atoms with van der Waals surface area (Å²) in [6.45, 7) is -0.0683. The molecule has 2 aromatic carbocycles. The van der Waals surface area contributed by atoms with Crippen molar-refractivity contribution >= 4 is 21.4 Å². The summed E-state index contributed by atoms with van der Waals surface area (Å²) >= 11 is 0. The van der Waals surface area contributed by atoms with Gasteiger partial charge in [0.25, 0.3) is 0 Å². The molecule has 1 heterocycles. The highest BCUT2D eigenvalue weighted by atomic mass is 32.2. The summed E-state index contributed by atoms with van der Waals surface area (Å²) < 4.78 is 53.6. The van der Waals surface area contributed by atoms with E-state index in [4.69, 9.17) is 0 Å². The number of carbonyl (C=O) groups excluding carboxylic acids is 1. The molecule has 1 aromatic heterocycles. The number of anilines is 1. The van der Waals surface area contributed by atoms with Crippen molar-refractivity contribution in [2.75, 3.05) is 10.7 Å². The molecular formula is C24H22F2N2O3S. The largest absolute Gasteiger partial charge is 0.304 e. The number of aryl methyl sites for hydroxylation is 2. The Morgan fingerprint density at radius 1 is 1.00 bits per heavy atom. The minimum absolute atomic E-state index is 0.0683. The number of halogens is 2. The quantitative estimate of drug-likeness (QED) is 0.533. The van der Waals surface area contributed by atoms with Crippen molar-refractivity contribution in [1.29, 1.82) is 0 Å². The second kappa shape index (κ2) is 9.16. The Balaban J connectivity index is 1.55. The van der Waals surface area contributed by atoms with Gasteiger partial charge in [-0.2, -0.15) is 0 Å². The van der Waals surface area contributed by atoms with Crippen LogP contribution in [0.2, 0.25) is 0 Å². The maximum absolute atomic E-state index is 14.5. The first-order valence-corrected chi connectivity index (χ1v) is 12.0. The molecule has 1 amide bonds.